The van der Waals surface area contributed by atoms with Crippen LogP contribution in [0.1, 0.15) is 13.8 Å². The number of fused-ring (bicyclic) bond motifs is 1. The van der Waals surface area contributed by atoms with E-state index in [1.165, 1.54) is 6.92 Å². The third-order valence-corrected chi connectivity index (χ3v) is 11.6. The summed E-state index contributed by atoms with van der Waals surface area (Å²) in [6.07, 6.45) is -39.7. The second-order valence-corrected chi connectivity index (χ2v) is 15.9. The van der Waals surface area contributed by atoms with Gasteiger partial charge in [-0.2, -0.15) is 0 Å². The van der Waals surface area contributed by atoms with Crippen LogP contribution >= 0.6 is 0 Å². The van der Waals surface area contributed by atoms with Gasteiger partial charge in [0.25, 0.3) is 0 Å². The maximum atomic E-state index is 12.4. The lowest BCUT2D eigenvalue weighted by Crippen LogP contribution is -2.69. The number of hydrogen-bond donors (Lipinski definition) is 17. The van der Waals surface area contributed by atoms with Gasteiger partial charge in [0.2, 0.25) is 11.8 Å². The molecular weight excluding hydrogens is 850 g/mol. The summed E-state index contributed by atoms with van der Waals surface area (Å²) in [6, 6.07) is -1.58. The summed E-state index contributed by atoms with van der Waals surface area (Å²) < 4.78 is 51.1. The lowest BCUT2D eigenvalue weighted by molar-refractivity contribution is -0.372. The van der Waals surface area contributed by atoms with E-state index < -0.39 is 198 Å². The van der Waals surface area contributed by atoms with Crippen molar-refractivity contribution >= 4 is 11.8 Å². The molecule has 0 aliphatic carbocycles. The minimum absolute atomic E-state index is 0.549. The average Bonchev–Trinajstić information content (AvgIpc) is 3.95. The Morgan fingerprint density at radius 2 is 1.00 bits per heavy atom. The van der Waals surface area contributed by atoms with Gasteiger partial charge in [0, 0.05) is 13.8 Å². The number of rotatable bonds is 15. The third-order valence-electron chi connectivity index (χ3n) is 11.6. The monoisotopic (exact) mass is 907 g/mol. The summed E-state index contributed by atoms with van der Waals surface area (Å²) in [5.41, 5.74) is -1.52. The summed E-state index contributed by atoms with van der Waals surface area (Å²) in [5.74, 6) is -1.29. The first-order valence-electron chi connectivity index (χ1n) is 19.7. The summed E-state index contributed by atoms with van der Waals surface area (Å²) >= 11 is 0. The predicted octanol–water partition coefficient (Wildman–Crippen LogP) is -11.7. The topological polar surface area (TPSA) is 446 Å². The Labute approximate surface area is 351 Å². The van der Waals surface area contributed by atoms with Gasteiger partial charge in [0.15, 0.2) is 30.8 Å². The average molecular weight is 908 g/mol. The summed E-state index contributed by atoms with van der Waals surface area (Å²) in [6.45, 7) is -1.88. The van der Waals surface area contributed by atoms with Gasteiger partial charge in [0.1, 0.15) is 122 Å². The number of nitrogens with one attached hydrogen (secondary N) is 3. The van der Waals surface area contributed by atoms with Crippen LogP contribution < -0.4 is 16.0 Å². The molecule has 6 heterocycles. The van der Waals surface area contributed by atoms with Crippen LogP contribution in [0.5, 0.6) is 0 Å². The number of aliphatic hydroxyl groups is 14. The molecule has 0 aromatic heterocycles. The molecule has 17 N–H and O–H groups in total. The van der Waals surface area contributed by atoms with Gasteiger partial charge >= 0.3 is 0 Å². The van der Waals surface area contributed by atoms with Crippen LogP contribution in [0, 0.1) is 0 Å². The Balaban J connectivity index is 1.14. The van der Waals surface area contributed by atoms with Crippen LogP contribution in [0.2, 0.25) is 0 Å². The molecule has 0 spiro atoms. The van der Waals surface area contributed by atoms with Gasteiger partial charge in [-0.3, -0.25) is 14.9 Å². The molecule has 358 valence electrons. The fourth-order valence-corrected chi connectivity index (χ4v) is 8.14. The van der Waals surface area contributed by atoms with E-state index in [2.05, 4.69) is 16.0 Å². The summed E-state index contributed by atoms with van der Waals surface area (Å²) in [5, 5.41) is 156. The predicted molar refractivity (Wildman–Crippen MR) is 190 cm³/mol. The Kier molecular flexibility index (Phi) is 16.1. The van der Waals surface area contributed by atoms with Crippen molar-refractivity contribution in [2.24, 2.45) is 0 Å². The van der Waals surface area contributed by atoms with Gasteiger partial charge in [-0.15, -0.1) is 0 Å². The molecule has 6 aliphatic rings. The smallest absolute Gasteiger partial charge is 0.218 e. The van der Waals surface area contributed by atoms with Crippen molar-refractivity contribution in [3.63, 3.8) is 0 Å². The first-order valence-corrected chi connectivity index (χ1v) is 19.7. The van der Waals surface area contributed by atoms with Gasteiger partial charge in [-0.1, -0.05) is 0 Å². The van der Waals surface area contributed by atoms with E-state index >= 15 is 0 Å². The number of carbonyl (C=O) groups excluding carboxylic acids is 2. The van der Waals surface area contributed by atoms with E-state index in [0.29, 0.717) is 0 Å². The first kappa shape index (κ1) is 49.4. The van der Waals surface area contributed by atoms with Crippen molar-refractivity contribution in [3.05, 3.63) is 0 Å². The molecule has 0 radical (unpaired) electrons. The lowest BCUT2D eigenvalue weighted by atomic mass is 9.94. The molecule has 62 heavy (non-hydrogen) atoms. The fourth-order valence-electron chi connectivity index (χ4n) is 8.14. The van der Waals surface area contributed by atoms with Crippen LogP contribution in [0.15, 0.2) is 0 Å². The minimum Gasteiger partial charge on any atom is -0.394 e. The van der Waals surface area contributed by atoms with Gasteiger partial charge in [-0.05, 0) is 0 Å². The molecule has 6 saturated heterocycles. The van der Waals surface area contributed by atoms with E-state index in [4.69, 9.17) is 42.6 Å². The van der Waals surface area contributed by atoms with Crippen LogP contribution in [-0.2, 0) is 52.2 Å². The van der Waals surface area contributed by atoms with E-state index in [1.54, 1.807) is 0 Å². The standard InChI is InChI=1S/C34H57N3O25/c1-8(42)35-15-19(47)25(12(5-40)57-29(15)61-26-13(6-41)59-33-34(37-33,28(26)53)36-9(2)43)60-32-23(51)21(49)17(45)14(58-32)7-54-30-24(52)27(18(46)11(4-39)55-30)62-31-22(50)20(48)16(44)10(3-38)56-31/h10-33,37-41,44-53H,3-7H2,1-2H3,(H,35,42)(H,36,43)/t10-,11-,12-,13-,14-,15-,16-,17-,18-,19-,20+,21+,22+,23+,24+,25-,26-,27+,28+,29+,30+,31-,32+,33+,34+/m1/s1. The maximum absolute atomic E-state index is 12.4. The summed E-state index contributed by atoms with van der Waals surface area (Å²) in [4.78, 5) is 24.3. The third kappa shape index (κ3) is 9.75. The van der Waals surface area contributed by atoms with Gasteiger partial charge < -0.3 is 125 Å². The quantitative estimate of drug-likeness (QED) is 0.0678. The molecular formula is C34H57N3O25. The Hall–Kier alpha value is -2.02. The zero-order chi connectivity index (χ0) is 45.5. The maximum Gasteiger partial charge on any atom is 0.218 e. The highest BCUT2D eigenvalue weighted by molar-refractivity contribution is 5.74. The normalized spacial score (nSPS) is 50.6. The number of amides is 2. The number of hydrogen-bond acceptors (Lipinski definition) is 26. The number of ether oxygens (including phenoxy) is 9. The molecule has 0 unspecified atom stereocenters. The molecule has 0 bridgehead atoms. The first-order chi connectivity index (χ1) is 29.3. The highest BCUT2D eigenvalue weighted by Crippen LogP contribution is 2.40. The largest absolute Gasteiger partial charge is 0.394 e. The fraction of sp³-hybridized carbons (Fsp3) is 0.941. The second kappa shape index (κ2) is 20.2. The highest BCUT2D eigenvalue weighted by Gasteiger charge is 2.69. The number of carbonyl (C=O) groups is 2. The van der Waals surface area contributed by atoms with E-state index in [1.807, 2.05) is 0 Å². The van der Waals surface area contributed by atoms with Crippen LogP contribution in [0.25, 0.3) is 0 Å². The summed E-state index contributed by atoms with van der Waals surface area (Å²) in [7, 11) is 0. The molecule has 25 atom stereocenters. The molecule has 6 aliphatic heterocycles. The van der Waals surface area contributed by atoms with Gasteiger partial charge in [-0.25, -0.2) is 0 Å². The van der Waals surface area contributed by atoms with Crippen molar-refractivity contribution < 1.29 is 124 Å². The molecule has 2 amide bonds. The van der Waals surface area contributed by atoms with Crippen molar-refractivity contribution in [1.29, 1.82) is 0 Å². The van der Waals surface area contributed by atoms with E-state index in [0.717, 1.165) is 6.92 Å². The molecule has 0 aromatic rings. The van der Waals surface area contributed by atoms with Crippen LogP contribution in [0.3, 0.4) is 0 Å². The van der Waals surface area contributed by atoms with Crippen molar-refractivity contribution in [1.82, 2.24) is 16.0 Å². The molecule has 6 rings (SSSR count). The zero-order valence-electron chi connectivity index (χ0n) is 33.1. The molecule has 0 saturated carbocycles. The Morgan fingerprint density at radius 3 is 1.56 bits per heavy atom. The van der Waals surface area contributed by atoms with Crippen molar-refractivity contribution in [2.45, 2.75) is 167 Å². The molecule has 0 aromatic carbocycles. The van der Waals surface area contributed by atoms with E-state index in [9.17, 15) is 81.1 Å². The lowest BCUT2D eigenvalue weighted by Gasteiger charge is -2.49. The van der Waals surface area contributed by atoms with E-state index in [-0.39, 0.29) is 0 Å². The van der Waals surface area contributed by atoms with Crippen molar-refractivity contribution in [2.75, 3.05) is 33.0 Å². The van der Waals surface area contributed by atoms with Crippen LogP contribution in [0.4, 0.5) is 0 Å². The molecule has 28 heteroatoms. The van der Waals surface area contributed by atoms with Crippen LogP contribution in [-0.4, -0.2) is 269 Å². The second-order valence-electron chi connectivity index (χ2n) is 15.9. The number of aliphatic hydroxyl groups excluding tert-OH is 14. The molecule has 28 nitrogen and oxygen atoms in total. The zero-order valence-corrected chi connectivity index (χ0v) is 33.1. The molecule has 6 fully saturated rings. The Bertz CT molecular complexity index is 1510. The van der Waals surface area contributed by atoms with Gasteiger partial charge in [0.05, 0.1) is 33.0 Å². The minimum atomic E-state index is -2.06. The van der Waals surface area contributed by atoms with Crippen molar-refractivity contribution in [3.8, 4) is 0 Å². The Morgan fingerprint density at radius 1 is 0.516 bits per heavy atom. The highest BCUT2D eigenvalue weighted by atomic mass is 16.8. The SMILES string of the molecule is CC(=O)N[C@H]1[C@H](O[C@@H]2[C@@H](CO)O[C@@H]3N[C@@]3(NC(C)=O)[C@H]2O)O[C@H](CO)[C@@H](O[C@@H]2O[C@H](CO[C@H]3O[C@H](CO)[C@@H](O)[C@H](O[C@H]4O[C@H](CO)[C@@H](O)[C@H](O)[C@@H]4O)[C@@H]3O)[C@@H](O)[C@H](O)[C@@H]2O)[C@@H]1O.